The van der Waals surface area contributed by atoms with Gasteiger partial charge in [-0.05, 0) is 18.6 Å². The molecule has 0 spiro atoms. The van der Waals surface area contributed by atoms with Crippen LogP contribution in [0.2, 0.25) is 0 Å². The number of carbonyl (C=O) groups is 2. The number of hydroxylamine groups is 1. The first-order valence-electron chi connectivity index (χ1n) is 7.50. The predicted molar refractivity (Wildman–Crippen MR) is 80.8 cm³/mol. The van der Waals surface area contributed by atoms with Gasteiger partial charge in [0.25, 0.3) is 5.91 Å². The Bertz CT molecular complexity index is 543. The van der Waals surface area contributed by atoms with Crippen molar-refractivity contribution < 1.29 is 23.9 Å². The van der Waals surface area contributed by atoms with Gasteiger partial charge in [0, 0.05) is 12.5 Å². The fraction of sp³-hybridized carbons (Fsp3) is 0.500. The summed E-state index contributed by atoms with van der Waals surface area (Å²) >= 11 is 0. The molecule has 0 aromatic heterocycles. The molecule has 0 atom stereocenters. The molecule has 1 heterocycles. The molecule has 0 unspecified atom stereocenters. The fourth-order valence-corrected chi connectivity index (χ4v) is 2.18. The normalized spacial score (nSPS) is 13.4. The third-order valence-electron chi connectivity index (χ3n) is 3.39. The number of benzene rings is 1. The molecule has 120 valence electrons. The molecule has 0 saturated carbocycles. The SMILES string of the molecule is CCCCCCC(=O)ON1C(=O)COc2ccc(OC)cc21. The lowest BCUT2D eigenvalue weighted by Gasteiger charge is -2.27. The largest absolute Gasteiger partial charge is 0.497 e. The van der Waals surface area contributed by atoms with Gasteiger partial charge in [0.1, 0.15) is 17.2 Å². The van der Waals surface area contributed by atoms with Crippen LogP contribution in [-0.2, 0) is 14.4 Å². The second-order valence-corrected chi connectivity index (χ2v) is 5.08. The Morgan fingerprint density at radius 1 is 1.32 bits per heavy atom. The molecule has 6 heteroatoms. The number of methoxy groups -OCH3 is 1. The first-order chi connectivity index (χ1) is 10.7. The summed E-state index contributed by atoms with van der Waals surface area (Å²) in [4.78, 5) is 29.1. The van der Waals surface area contributed by atoms with Crippen LogP contribution >= 0.6 is 0 Å². The summed E-state index contributed by atoms with van der Waals surface area (Å²) in [5.74, 6) is 0.211. The van der Waals surface area contributed by atoms with Gasteiger partial charge in [-0.15, -0.1) is 5.06 Å². The van der Waals surface area contributed by atoms with Gasteiger partial charge in [-0.2, -0.15) is 0 Å². The lowest BCUT2D eigenvalue weighted by molar-refractivity contribution is -0.151. The zero-order valence-electron chi connectivity index (χ0n) is 13.0. The molecule has 0 saturated heterocycles. The number of ether oxygens (including phenoxy) is 2. The Morgan fingerprint density at radius 2 is 2.14 bits per heavy atom. The van der Waals surface area contributed by atoms with Crippen LogP contribution in [0.1, 0.15) is 39.0 Å². The molecule has 22 heavy (non-hydrogen) atoms. The second-order valence-electron chi connectivity index (χ2n) is 5.08. The van der Waals surface area contributed by atoms with Gasteiger partial charge in [-0.1, -0.05) is 26.2 Å². The van der Waals surface area contributed by atoms with Crippen molar-refractivity contribution in [3.05, 3.63) is 18.2 Å². The Balaban J connectivity index is 2.04. The average molecular weight is 307 g/mol. The van der Waals surface area contributed by atoms with Crippen LogP contribution in [0.5, 0.6) is 11.5 Å². The van der Waals surface area contributed by atoms with E-state index in [0.29, 0.717) is 23.6 Å². The van der Waals surface area contributed by atoms with E-state index < -0.39 is 11.9 Å². The minimum Gasteiger partial charge on any atom is -0.497 e. The standard InChI is InChI=1S/C16H21NO5/c1-3-4-5-6-7-16(19)22-17-13-10-12(20-2)8-9-14(13)21-11-15(17)18/h8-10H,3-7,11H2,1-2H3. The summed E-state index contributed by atoms with van der Waals surface area (Å²) < 4.78 is 10.4. The lowest BCUT2D eigenvalue weighted by atomic mass is 10.2. The van der Waals surface area contributed by atoms with Crippen LogP contribution in [0.25, 0.3) is 0 Å². The second kappa shape index (κ2) is 7.68. The molecule has 1 aromatic carbocycles. The number of nitrogens with zero attached hydrogens (tertiary/aromatic N) is 1. The quantitative estimate of drug-likeness (QED) is 0.725. The Morgan fingerprint density at radius 3 is 2.86 bits per heavy atom. The summed E-state index contributed by atoms with van der Waals surface area (Å²) in [5.41, 5.74) is 0.387. The van der Waals surface area contributed by atoms with Gasteiger partial charge >= 0.3 is 5.97 Å². The third kappa shape index (κ3) is 3.90. The van der Waals surface area contributed by atoms with Gasteiger partial charge in [-0.25, -0.2) is 4.79 Å². The van der Waals surface area contributed by atoms with Crippen molar-refractivity contribution >= 4 is 17.6 Å². The first kappa shape index (κ1) is 16.1. The summed E-state index contributed by atoms with van der Waals surface area (Å²) in [7, 11) is 1.53. The van der Waals surface area contributed by atoms with E-state index in [2.05, 4.69) is 6.92 Å². The van der Waals surface area contributed by atoms with Gasteiger partial charge in [0.15, 0.2) is 6.61 Å². The number of anilines is 1. The van der Waals surface area contributed by atoms with Crippen LogP contribution in [0, 0.1) is 0 Å². The molecule has 0 radical (unpaired) electrons. The van der Waals surface area contributed by atoms with Gasteiger partial charge in [0.2, 0.25) is 0 Å². The molecule has 1 aromatic rings. The Hall–Kier alpha value is -2.24. The molecule has 0 bridgehead atoms. The van der Waals surface area contributed by atoms with Crippen molar-refractivity contribution in [1.82, 2.24) is 0 Å². The van der Waals surface area contributed by atoms with Crippen molar-refractivity contribution in [2.45, 2.75) is 39.0 Å². The Kier molecular flexibility index (Phi) is 5.63. The molecule has 0 N–H and O–H groups in total. The minimum absolute atomic E-state index is 0.150. The third-order valence-corrected chi connectivity index (χ3v) is 3.39. The lowest BCUT2D eigenvalue weighted by Crippen LogP contribution is -2.40. The number of hydrogen-bond donors (Lipinski definition) is 0. The fourth-order valence-electron chi connectivity index (χ4n) is 2.18. The van der Waals surface area contributed by atoms with E-state index in [1.165, 1.54) is 7.11 Å². The van der Waals surface area contributed by atoms with E-state index in [0.717, 1.165) is 30.7 Å². The minimum atomic E-state index is -0.417. The molecular weight excluding hydrogens is 286 g/mol. The van der Waals surface area contributed by atoms with E-state index in [1.807, 2.05) is 0 Å². The van der Waals surface area contributed by atoms with Crippen LogP contribution in [-0.4, -0.2) is 25.6 Å². The van der Waals surface area contributed by atoms with Crippen LogP contribution in [0.15, 0.2) is 18.2 Å². The highest BCUT2D eigenvalue weighted by atomic mass is 16.7. The molecule has 2 rings (SSSR count). The van der Waals surface area contributed by atoms with Gasteiger partial charge in [0.05, 0.1) is 7.11 Å². The summed E-state index contributed by atoms with van der Waals surface area (Å²) in [5, 5.41) is 1.00. The number of unbranched alkanes of at least 4 members (excludes halogenated alkanes) is 3. The molecule has 0 fully saturated rings. The predicted octanol–water partition coefficient (Wildman–Crippen LogP) is 2.85. The summed E-state index contributed by atoms with van der Waals surface area (Å²) in [6, 6.07) is 5.01. The zero-order valence-corrected chi connectivity index (χ0v) is 13.0. The summed E-state index contributed by atoms with van der Waals surface area (Å²) in [6.07, 6.45) is 4.22. The van der Waals surface area contributed by atoms with Crippen molar-refractivity contribution in [3.63, 3.8) is 0 Å². The molecular formula is C16H21NO5. The van der Waals surface area contributed by atoms with Gasteiger partial charge < -0.3 is 14.3 Å². The maximum Gasteiger partial charge on any atom is 0.333 e. The van der Waals surface area contributed by atoms with E-state index in [9.17, 15) is 9.59 Å². The van der Waals surface area contributed by atoms with E-state index in [-0.39, 0.29) is 6.61 Å². The van der Waals surface area contributed by atoms with Crippen molar-refractivity contribution in [2.75, 3.05) is 18.8 Å². The van der Waals surface area contributed by atoms with E-state index in [1.54, 1.807) is 18.2 Å². The maximum atomic E-state index is 12.0. The number of amides is 1. The summed E-state index contributed by atoms with van der Waals surface area (Å²) in [6.45, 7) is 1.96. The highest BCUT2D eigenvalue weighted by Gasteiger charge is 2.29. The van der Waals surface area contributed by atoms with Crippen LogP contribution in [0.3, 0.4) is 0 Å². The van der Waals surface area contributed by atoms with Crippen LogP contribution in [0.4, 0.5) is 5.69 Å². The molecule has 1 aliphatic rings. The monoisotopic (exact) mass is 307 g/mol. The van der Waals surface area contributed by atoms with Crippen molar-refractivity contribution in [2.24, 2.45) is 0 Å². The highest BCUT2D eigenvalue weighted by Crippen LogP contribution is 2.35. The highest BCUT2D eigenvalue weighted by molar-refractivity contribution is 5.97. The van der Waals surface area contributed by atoms with Crippen molar-refractivity contribution in [3.8, 4) is 11.5 Å². The Labute approximate surface area is 129 Å². The van der Waals surface area contributed by atoms with Gasteiger partial charge in [-0.3, -0.25) is 4.79 Å². The molecule has 1 aliphatic heterocycles. The number of hydrogen-bond acceptors (Lipinski definition) is 5. The number of fused-ring (bicyclic) bond motifs is 1. The zero-order chi connectivity index (χ0) is 15.9. The van der Waals surface area contributed by atoms with Crippen LogP contribution < -0.4 is 14.5 Å². The smallest absolute Gasteiger partial charge is 0.333 e. The maximum absolute atomic E-state index is 12.0. The number of rotatable bonds is 7. The number of carbonyl (C=O) groups excluding carboxylic acids is 2. The molecule has 0 aliphatic carbocycles. The van der Waals surface area contributed by atoms with Crippen molar-refractivity contribution in [1.29, 1.82) is 0 Å². The van der Waals surface area contributed by atoms with E-state index in [4.69, 9.17) is 14.3 Å². The average Bonchev–Trinajstić information content (AvgIpc) is 2.54. The molecule has 6 nitrogen and oxygen atoms in total. The topological polar surface area (TPSA) is 65.1 Å². The first-order valence-corrected chi connectivity index (χ1v) is 7.50. The molecule has 1 amide bonds. The van der Waals surface area contributed by atoms with E-state index >= 15 is 0 Å².